The number of hydrogen-bond acceptors (Lipinski definition) is 9. The fourth-order valence-corrected chi connectivity index (χ4v) is 4.35. The van der Waals surface area contributed by atoms with Crippen LogP contribution in [0.4, 0.5) is 11.8 Å². The number of rotatable bonds is 6. The molecule has 1 saturated carbocycles. The summed E-state index contributed by atoms with van der Waals surface area (Å²) < 4.78 is 11.8. The molecule has 6 rings (SSSR count). The highest BCUT2D eigenvalue weighted by Gasteiger charge is 2.31. The molecule has 9 heteroatoms. The fourth-order valence-electron chi connectivity index (χ4n) is 4.35. The van der Waals surface area contributed by atoms with Gasteiger partial charge in [-0.05, 0) is 44.4 Å². The van der Waals surface area contributed by atoms with Gasteiger partial charge in [-0.3, -0.25) is 4.99 Å². The number of benzene rings is 1. The summed E-state index contributed by atoms with van der Waals surface area (Å²) in [7, 11) is 0. The van der Waals surface area contributed by atoms with Crippen LogP contribution in [0.5, 0.6) is 5.75 Å². The normalized spacial score (nSPS) is 18.0. The van der Waals surface area contributed by atoms with E-state index in [1.807, 2.05) is 26.0 Å². The second kappa shape index (κ2) is 8.13. The van der Waals surface area contributed by atoms with Crippen molar-refractivity contribution in [1.29, 1.82) is 0 Å². The largest absolute Gasteiger partial charge is 0.491 e. The molecule has 0 atom stereocenters. The van der Waals surface area contributed by atoms with Crippen LogP contribution in [0.1, 0.15) is 55.3 Å². The second-order valence-corrected chi connectivity index (χ2v) is 9.08. The van der Waals surface area contributed by atoms with Gasteiger partial charge in [0.05, 0.1) is 24.1 Å². The van der Waals surface area contributed by atoms with Crippen molar-refractivity contribution in [1.82, 2.24) is 20.2 Å². The molecular weight excluding hydrogens is 418 g/mol. The predicted molar refractivity (Wildman–Crippen MR) is 124 cm³/mol. The maximum absolute atomic E-state index is 5.89. The average molecular weight is 446 g/mol. The summed E-state index contributed by atoms with van der Waals surface area (Å²) in [6, 6.07) is 8.85. The number of aliphatic imine (C=N–C) groups is 1. The molecule has 0 bridgehead atoms. The van der Waals surface area contributed by atoms with E-state index >= 15 is 0 Å². The van der Waals surface area contributed by atoms with Crippen molar-refractivity contribution >= 4 is 17.5 Å². The highest BCUT2D eigenvalue weighted by atomic mass is 16.5. The van der Waals surface area contributed by atoms with E-state index in [-0.39, 0.29) is 6.10 Å². The van der Waals surface area contributed by atoms with Crippen molar-refractivity contribution in [2.45, 2.75) is 45.3 Å². The molecule has 0 N–H and O–H groups in total. The van der Waals surface area contributed by atoms with E-state index in [4.69, 9.17) is 14.1 Å². The lowest BCUT2D eigenvalue weighted by atomic mass is 10.0. The first-order valence-electron chi connectivity index (χ1n) is 11.6. The van der Waals surface area contributed by atoms with Crippen molar-refractivity contribution < 1.29 is 9.15 Å². The van der Waals surface area contributed by atoms with Gasteiger partial charge >= 0.3 is 6.01 Å². The van der Waals surface area contributed by atoms with Gasteiger partial charge in [-0.25, -0.2) is 9.97 Å². The molecule has 0 spiro atoms. The van der Waals surface area contributed by atoms with Gasteiger partial charge in [0.2, 0.25) is 5.89 Å². The summed E-state index contributed by atoms with van der Waals surface area (Å²) in [5, 5.41) is 8.46. The second-order valence-electron chi connectivity index (χ2n) is 9.08. The summed E-state index contributed by atoms with van der Waals surface area (Å²) >= 11 is 0. The van der Waals surface area contributed by atoms with Crippen LogP contribution in [0.25, 0.3) is 0 Å². The Hall–Kier alpha value is -3.49. The van der Waals surface area contributed by atoms with E-state index in [1.165, 1.54) is 5.56 Å². The number of anilines is 2. The van der Waals surface area contributed by atoms with Crippen molar-refractivity contribution in [3.8, 4) is 5.75 Å². The van der Waals surface area contributed by atoms with Crippen LogP contribution in [0.3, 0.4) is 0 Å². The van der Waals surface area contributed by atoms with Crippen molar-refractivity contribution in [2.24, 2.45) is 4.99 Å². The Kier molecular flexibility index (Phi) is 4.96. The minimum absolute atomic E-state index is 0.126. The Labute approximate surface area is 192 Å². The van der Waals surface area contributed by atoms with E-state index in [1.54, 1.807) is 6.33 Å². The molecule has 1 aliphatic carbocycles. The molecule has 3 aromatic rings. The molecule has 1 saturated heterocycles. The van der Waals surface area contributed by atoms with Crippen LogP contribution in [-0.4, -0.2) is 58.2 Å². The molecule has 0 amide bonds. The zero-order valence-corrected chi connectivity index (χ0v) is 18.9. The Morgan fingerprint density at radius 2 is 1.82 bits per heavy atom. The highest BCUT2D eigenvalue weighted by molar-refractivity contribution is 6.14. The third-order valence-electron chi connectivity index (χ3n) is 6.24. The van der Waals surface area contributed by atoms with E-state index < -0.39 is 0 Å². The van der Waals surface area contributed by atoms with Crippen molar-refractivity contribution in [3.63, 3.8) is 0 Å². The molecule has 4 heterocycles. The molecule has 0 radical (unpaired) electrons. The topological polar surface area (TPSA) is 92.8 Å². The van der Waals surface area contributed by atoms with Gasteiger partial charge in [0.15, 0.2) is 0 Å². The molecule has 3 aliphatic rings. The van der Waals surface area contributed by atoms with Crippen LogP contribution in [0.15, 0.2) is 40.0 Å². The molecule has 2 aromatic heterocycles. The van der Waals surface area contributed by atoms with E-state index in [9.17, 15) is 0 Å². The summed E-state index contributed by atoms with van der Waals surface area (Å²) in [6.45, 7) is 8.00. The van der Waals surface area contributed by atoms with Crippen LogP contribution in [0.2, 0.25) is 0 Å². The summed E-state index contributed by atoms with van der Waals surface area (Å²) in [5.74, 6) is 3.03. The Morgan fingerprint density at radius 3 is 2.61 bits per heavy atom. The number of piperazine rings is 1. The maximum Gasteiger partial charge on any atom is 0.318 e. The van der Waals surface area contributed by atoms with Gasteiger partial charge in [0.1, 0.15) is 17.9 Å². The predicted octanol–water partition coefficient (Wildman–Crippen LogP) is 3.20. The Bertz CT molecular complexity index is 1190. The molecule has 2 fully saturated rings. The number of fused-ring (bicyclic) bond motifs is 1. The SMILES string of the molecule is CC(C)Oc1ccc2c(c1)C(c1cc(N3CCN(c4nnc(C5CC5)o4)CC3)ncn1)=NC2. The van der Waals surface area contributed by atoms with E-state index in [0.29, 0.717) is 18.5 Å². The summed E-state index contributed by atoms with van der Waals surface area (Å²) in [5.41, 5.74) is 4.03. The minimum Gasteiger partial charge on any atom is -0.491 e. The smallest absolute Gasteiger partial charge is 0.318 e. The highest BCUT2D eigenvalue weighted by Crippen LogP contribution is 2.40. The van der Waals surface area contributed by atoms with Gasteiger partial charge in [0, 0.05) is 43.7 Å². The number of aromatic nitrogens is 4. The van der Waals surface area contributed by atoms with E-state index in [2.05, 4.69) is 42.1 Å². The fraction of sp³-hybridized carbons (Fsp3) is 0.458. The number of hydrogen-bond donors (Lipinski definition) is 0. The van der Waals surface area contributed by atoms with Crippen LogP contribution in [-0.2, 0) is 6.54 Å². The maximum atomic E-state index is 5.89. The van der Waals surface area contributed by atoms with Gasteiger partial charge in [-0.1, -0.05) is 11.2 Å². The van der Waals surface area contributed by atoms with Gasteiger partial charge in [-0.15, -0.1) is 5.10 Å². The van der Waals surface area contributed by atoms with Crippen LogP contribution >= 0.6 is 0 Å². The van der Waals surface area contributed by atoms with Gasteiger partial charge in [0.25, 0.3) is 0 Å². The van der Waals surface area contributed by atoms with Gasteiger partial charge < -0.3 is 19.0 Å². The average Bonchev–Trinajstić information content (AvgIpc) is 3.41. The van der Waals surface area contributed by atoms with E-state index in [0.717, 1.165) is 73.4 Å². The number of nitrogens with zero attached hydrogens (tertiary/aromatic N) is 7. The molecule has 33 heavy (non-hydrogen) atoms. The summed E-state index contributed by atoms with van der Waals surface area (Å²) in [6.07, 6.45) is 4.08. The third kappa shape index (κ3) is 4.03. The van der Waals surface area contributed by atoms with Crippen LogP contribution in [0, 0.1) is 0 Å². The third-order valence-corrected chi connectivity index (χ3v) is 6.24. The standard InChI is InChI=1S/C24H27N7O2/c1-15(2)32-18-6-5-17-13-25-22(19(17)11-18)20-12-21(27-14-26-20)30-7-9-31(10-8-30)24-29-28-23(33-24)16-3-4-16/h5-6,11-12,14-16H,3-4,7-10,13H2,1-2H3. The quantitative estimate of drug-likeness (QED) is 0.571. The van der Waals surface area contributed by atoms with Crippen LogP contribution < -0.4 is 14.5 Å². The lowest BCUT2D eigenvalue weighted by Gasteiger charge is -2.34. The molecule has 9 nitrogen and oxygen atoms in total. The lowest BCUT2D eigenvalue weighted by molar-refractivity contribution is 0.242. The zero-order chi connectivity index (χ0) is 22.4. The van der Waals surface area contributed by atoms with Crippen molar-refractivity contribution in [3.05, 3.63) is 53.3 Å². The Balaban J connectivity index is 1.17. The van der Waals surface area contributed by atoms with Crippen molar-refractivity contribution in [2.75, 3.05) is 36.0 Å². The molecule has 2 aliphatic heterocycles. The molecular formula is C24H27N7O2. The van der Waals surface area contributed by atoms with Gasteiger partial charge in [-0.2, -0.15) is 0 Å². The molecule has 170 valence electrons. The minimum atomic E-state index is 0.126. The number of ether oxygens (including phenoxy) is 1. The monoisotopic (exact) mass is 445 g/mol. The first kappa shape index (κ1) is 20.1. The molecule has 0 unspecified atom stereocenters. The lowest BCUT2D eigenvalue weighted by Crippen LogP contribution is -2.47. The zero-order valence-electron chi connectivity index (χ0n) is 18.9. The first-order valence-corrected chi connectivity index (χ1v) is 11.6. The Morgan fingerprint density at radius 1 is 1.00 bits per heavy atom. The first-order chi connectivity index (χ1) is 16.1. The summed E-state index contributed by atoms with van der Waals surface area (Å²) in [4.78, 5) is 18.3. The molecule has 1 aromatic carbocycles.